The van der Waals surface area contributed by atoms with Crippen molar-refractivity contribution in [3.05, 3.63) is 42.0 Å². The predicted octanol–water partition coefficient (Wildman–Crippen LogP) is 2.17. The molecule has 0 fully saturated rings. The second kappa shape index (κ2) is 7.38. The molecule has 1 aromatic heterocycles. The molecule has 0 aliphatic carbocycles. The average Bonchev–Trinajstić information content (AvgIpc) is 3.06. The molecule has 3 rings (SSSR count). The minimum Gasteiger partial charge on any atom is -0.497 e. The van der Waals surface area contributed by atoms with Crippen molar-refractivity contribution in [3.8, 4) is 11.5 Å². The highest BCUT2D eigenvalue weighted by atomic mass is 16.5. The summed E-state index contributed by atoms with van der Waals surface area (Å²) in [7, 11) is 1.63. The van der Waals surface area contributed by atoms with Crippen LogP contribution < -0.4 is 14.8 Å². The fourth-order valence-electron chi connectivity index (χ4n) is 2.91. The van der Waals surface area contributed by atoms with Crippen molar-refractivity contribution in [3.63, 3.8) is 0 Å². The van der Waals surface area contributed by atoms with Crippen molar-refractivity contribution in [1.29, 1.82) is 0 Å². The summed E-state index contributed by atoms with van der Waals surface area (Å²) in [5.41, 5.74) is 1.04. The van der Waals surface area contributed by atoms with Crippen molar-refractivity contribution >= 4 is 5.91 Å². The average molecular weight is 329 g/mol. The summed E-state index contributed by atoms with van der Waals surface area (Å²) < 4.78 is 13.0. The lowest BCUT2D eigenvalue weighted by atomic mass is 9.96. The van der Waals surface area contributed by atoms with Crippen molar-refractivity contribution in [2.24, 2.45) is 5.92 Å². The lowest BCUT2D eigenvalue weighted by Crippen LogP contribution is -2.37. The van der Waals surface area contributed by atoms with E-state index >= 15 is 0 Å². The number of nitrogens with zero attached hydrogens (tertiary/aromatic N) is 2. The molecule has 128 valence electrons. The van der Waals surface area contributed by atoms with Gasteiger partial charge in [0.15, 0.2) is 0 Å². The second-order valence-electron chi connectivity index (χ2n) is 5.94. The Hall–Kier alpha value is -2.50. The predicted molar refractivity (Wildman–Crippen MR) is 90.0 cm³/mol. The van der Waals surface area contributed by atoms with Gasteiger partial charge in [0.25, 0.3) is 0 Å². The number of carbonyl (C=O) groups excluding carboxylic acids is 1. The SMILES string of the molecule is CCCn1ccnc1CNC(=O)[C@H]1COc2cc(OC)ccc2C1. The van der Waals surface area contributed by atoms with Crippen molar-refractivity contribution in [2.45, 2.75) is 32.9 Å². The number of ether oxygens (including phenoxy) is 2. The smallest absolute Gasteiger partial charge is 0.227 e. The summed E-state index contributed by atoms with van der Waals surface area (Å²) in [6, 6.07) is 5.72. The van der Waals surface area contributed by atoms with Crippen molar-refractivity contribution < 1.29 is 14.3 Å². The molecular formula is C18H23N3O3. The zero-order valence-corrected chi connectivity index (χ0v) is 14.1. The molecule has 1 aromatic carbocycles. The Bertz CT molecular complexity index is 711. The molecule has 1 aliphatic rings. The van der Waals surface area contributed by atoms with Crippen LogP contribution in [0.5, 0.6) is 11.5 Å². The van der Waals surface area contributed by atoms with Gasteiger partial charge < -0.3 is 19.4 Å². The van der Waals surface area contributed by atoms with Crippen LogP contribution in [0.1, 0.15) is 24.7 Å². The molecule has 0 radical (unpaired) electrons. The van der Waals surface area contributed by atoms with Crippen molar-refractivity contribution in [2.75, 3.05) is 13.7 Å². The highest BCUT2D eigenvalue weighted by Gasteiger charge is 2.26. The molecule has 1 atom stereocenters. The van der Waals surface area contributed by atoms with Gasteiger partial charge in [-0.1, -0.05) is 13.0 Å². The Balaban J connectivity index is 1.59. The molecular weight excluding hydrogens is 306 g/mol. The van der Waals surface area contributed by atoms with E-state index in [2.05, 4.69) is 21.8 Å². The first-order valence-electron chi connectivity index (χ1n) is 8.28. The standard InChI is InChI=1S/C18H23N3O3/c1-3-7-21-8-6-19-17(21)11-20-18(22)14-9-13-4-5-15(23-2)10-16(13)24-12-14/h4-6,8,10,14H,3,7,9,11-12H2,1-2H3,(H,20,22)/t14-/m1/s1. The second-order valence-corrected chi connectivity index (χ2v) is 5.94. The number of methoxy groups -OCH3 is 1. The lowest BCUT2D eigenvalue weighted by Gasteiger charge is -2.25. The topological polar surface area (TPSA) is 65.4 Å². The number of aromatic nitrogens is 2. The molecule has 0 saturated heterocycles. The third-order valence-electron chi connectivity index (χ3n) is 4.24. The van der Waals surface area contributed by atoms with E-state index in [9.17, 15) is 4.79 Å². The monoisotopic (exact) mass is 329 g/mol. The van der Waals surface area contributed by atoms with Gasteiger partial charge in [0.1, 0.15) is 23.9 Å². The lowest BCUT2D eigenvalue weighted by molar-refractivity contribution is -0.126. The van der Waals surface area contributed by atoms with E-state index < -0.39 is 0 Å². The van der Waals surface area contributed by atoms with Crippen LogP contribution in [0.3, 0.4) is 0 Å². The molecule has 2 aromatic rings. The summed E-state index contributed by atoms with van der Waals surface area (Å²) in [5.74, 6) is 2.27. The van der Waals surface area contributed by atoms with Crippen molar-refractivity contribution in [1.82, 2.24) is 14.9 Å². The minimum atomic E-state index is -0.180. The van der Waals surface area contributed by atoms with Crippen LogP contribution in [0.15, 0.2) is 30.6 Å². The highest BCUT2D eigenvalue weighted by Crippen LogP contribution is 2.31. The van der Waals surface area contributed by atoms with Gasteiger partial charge in [-0.05, 0) is 24.5 Å². The third-order valence-corrected chi connectivity index (χ3v) is 4.24. The number of amides is 1. The first-order valence-corrected chi connectivity index (χ1v) is 8.28. The zero-order chi connectivity index (χ0) is 16.9. The first-order chi connectivity index (χ1) is 11.7. The van der Waals surface area contributed by atoms with Crippen LogP contribution in [-0.4, -0.2) is 29.2 Å². The van der Waals surface area contributed by atoms with E-state index in [1.807, 2.05) is 24.4 Å². The molecule has 1 aliphatic heterocycles. The zero-order valence-electron chi connectivity index (χ0n) is 14.1. The van der Waals surface area contributed by atoms with Gasteiger partial charge in [0, 0.05) is 25.0 Å². The van der Waals surface area contributed by atoms with Crippen LogP contribution in [0.25, 0.3) is 0 Å². The molecule has 0 saturated carbocycles. The van der Waals surface area contributed by atoms with Gasteiger partial charge >= 0.3 is 0 Å². The summed E-state index contributed by atoms with van der Waals surface area (Å²) in [5, 5.41) is 2.98. The molecule has 0 spiro atoms. The number of rotatable bonds is 6. The van der Waals surface area contributed by atoms with E-state index in [0.717, 1.165) is 35.9 Å². The fraction of sp³-hybridized carbons (Fsp3) is 0.444. The van der Waals surface area contributed by atoms with Crippen LogP contribution in [0.2, 0.25) is 0 Å². The van der Waals surface area contributed by atoms with E-state index in [1.165, 1.54) is 0 Å². The van der Waals surface area contributed by atoms with E-state index in [4.69, 9.17) is 9.47 Å². The Morgan fingerprint density at radius 1 is 1.50 bits per heavy atom. The molecule has 24 heavy (non-hydrogen) atoms. The van der Waals surface area contributed by atoms with E-state index in [-0.39, 0.29) is 11.8 Å². The van der Waals surface area contributed by atoms with Gasteiger partial charge in [-0.15, -0.1) is 0 Å². The number of carbonyl (C=O) groups is 1. The van der Waals surface area contributed by atoms with Gasteiger partial charge in [0.2, 0.25) is 5.91 Å². The maximum absolute atomic E-state index is 12.4. The third kappa shape index (κ3) is 3.53. The number of hydrogen-bond donors (Lipinski definition) is 1. The minimum absolute atomic E-state index is 0.00233. The molecule has 0 unspecified atom stereocenters. The maximum Gasteiger partial charge on any atom is 0.227 e. The summed E-state index contributed by atoms with van der Waals surface area (Å²) >= 11 is 0. The summed E-state index contributed by atoms with van der Waals surface area (Å²) in [4.78, 5) is 16.8. The molecule has 6 heteroatoms. The quantitative estimate of drug-likeness (QED) is 0.882. The van der Waals surface area contributed by atoms with E-state index in [1.54, 1.807) is 13.3 Å². The van der Waals surface area contributed by atoms with Gasteiger partial charge in [0.05, 0.1) is 19.6 Å². The first kappa shape index (κ1) is 16.4. The van der Waals surface area contributed by atoms with Crippen LogP contribution >= 0.6 is 0 Å². The Labute approximate surface area is 141 Å². The molecule has 0 bridgehead atoms. The molecule has 1 N–H and O–H groups in total. The number of fused-ring (bicyclic) bond motifs is 1. The maximum atomic E-state index is 12.4. The van der Waals surface area contributed by atoms with Gasteiger partial charge in [-0.25, -0.2) is 4.98 Å². The van der Waals surface area contributed by atoms with Gasteiger partial charge in [-0.3, -0.25) is 4.79 Å². The molecule has 6 nitrogen and oxygen atoms in total. The summed E-state index contributed by atoms with van der Waals surface area (Å²) in [6.07, 6.45) is 5.42. The molecule has 2 heterocycles. The van der Waals surface area contributed by atoms with Crippen LogP contribution in [0, 0.1) is 5.92 Å². The Kier molecular flexibility index (Phi) is 5.03. The number of hydrogen-bond acceptors (Lipinski definition) is 4. The van der Waals surface area contributed by atoms with Crippen LogP contribution in [0.4, 0.5) is 0 Å². The highest BCUT2D eigenvalue weighted by molar-refractivity contribution is 5.79. The number of imidazole rings is 1. The number of aryl methyl sites for hydroxylation is 1. The van der Waals surface area contributed by atoms with Gasteiger partial charge in [-0.2, -0.15) is 0 Å². The normalized spacial score (nSPS) is 16.2. The van der Waals surface area contributed by atoms with E-state index in [0.29, 0.717) is 19.6 Å². The fourth-order valence-corrected chi connectivity index (χ4v) is 2.91. The Morgan fingerprint density at radius 2 is 2.38 bits per heavy atom. The Morgan fingerprint density at radius 3 is 3.17 bits per heavy atom. The molecule has 1 amide bonds. The number of nitrogens with one attached hydrogen (secondary N) is 1. The largest absolute Gasteiger partial charge is 0.497 e. The number of benzene rings is 1. The summed E-state index contributed by atoms with van der Waals surface area (Å²) in [6.45, 7) is 3.86. The van der Waals surface area contributed by atoms with Crippen LogP contribution in [-0.2, 0) is 24.3 Å².